The maximum atomic E-state index is 11.1. The number of phenols is 1. The summed E-state index contributed by atoms with van der Waals surface area (Å²) < 4.78 is 0. The average Bonchev–Trinajstić information content (AvgIpc) is 3.15. The number of benzene rings is 1. The minimum absolute atomic E-state index is 0.0119. The van der Waals surface area contributed by atoms with Crippen molar-refractivity contribution in [1.29, 1.82) is 0 Å². The molecule has 0 bridgehead atoms. The van der Waals surface area contributed by atoms with E-state index in [0.29, 0.717) is 23.5 Å². The first-order chi connectivity index (χ1) is 16.5. The highest BCUT2D eigenvalue weighted by molar-refractivity contribution is 5.43. The van der Waals surface area contributed by atoms with Crippen LogP contribution in [0.15, 0.2) is 30.9 Å². The maximum absolute atomic E-state index is 11.1. The molecule has 1 aliphatic heterocycles. The van der Waals surface area contributed by atoms with Crippen molar-refractivity contribution in [2.45, 2.75) is 102 Å². The van der Waals surface area contributed by atoms with E-state index in [1.54, 1.807) is 0 Å². The van der Waals surface area contributed by atoms with Crippen LogP contribution in [0.1, 0.15) is 101 Å². The molecular weight excluding hydrogens is 418 g/mol. The lowest BCUT2D eigenvalue weighted by Crippen LogP contribution is -2.54. The second kappa shape index (κ2) is 9.97. The second-order valence-electron chi connectivity index (χ2n) is 12.4. The van der Waals surface area contributed by atoms with Crippen molar-refractivity contribution in [2.24, 2.45) is 22.7 Å². The van der Waals surface area contributed by atoms with E-state index in [1.807, 2.05) is 12.1 Å². The Morgan fingerprint density at radius 2 is 1.88 bits per heavy atom. The van der Waals surface area contributed by atoms with Gasteiger partial charge in [0.25, 0.3) is 0 Å². The molecule has 1 saturated heterocycles. The minimum Gasteiger partial charge on any atom is -0.508 e. The Morgan fingerprint density at radius 3 is 2.68 bits per heavy atom. The lowest BCUT2D eigenvalue weighted by Gasteiger charge is -2.60. The third-order valence-corrected chi connectivity index (χ3v) is 10.6. The van der Waals surface area contributed by atoms with Crippen LogP contribution < -0.4 is 0 Å². The summed E-state index contributed by atoms with van der Waals surface area (Å²) >= 11 is 0. The van der Waals surface area contributed by atoms with Gasteiger partial charge in [-0.2, -0.15) is 0 Å². The zero-order chi connectivity index (χ0) is 23.8. The smallest absolute Gasteiger partial charge is 0.115 e. The van der Waals surface area contributed by atoms with Gasteiger partial charge in [0.1, 0.15) is 5.75 Å². The lowest BCUT2D eigenvalue weighted by molar-refractivity contribution is -0.0812. The number of aryl methyl sites for hydroxylation is 1. The van der Waals surface area contributed by atoms with Crippen LogP contribution in [0.5, 0.6) is 5.75 Å². The molecule has 0 amide bonds. The van der Waals surface area contributed by atoms with Crippen LogP contribution in [0, 0.1) is 22.7 Å². The molecule has 1 aromatic carbocycles. The number of hydrogen-bond donors (Lipinski definition) is 2. The summed E-state index contributed by atoms with van der Waals surface area (Å²) in [7, 11) is 0. The highest BCUT2D eigenvalue weighted by Crippen LogP contribution is 2.69. The highest BCUT2D eigenvalue weighted by atomic mass is 16.3. The number of aliphatic hydroxyl groups is 1. The van der Waals surface area contributed by atoms with Crippen LogP contribution in [-0.2, 0) is 6.42 Å². The van der Waals surface area contributed by atoms with Gasteiger partial charge in [0.15, 0.2) is 0 Å². The second-order valence-corrected chi connectivity index (χ2v) is 12.4. The van der Waals surface area contributed by atoms with Gasteiger partial charge < -0.3 is 15.1 Å². The van der Waals surface area contributed by atoms with E-state index in [9.17, 15) is 10.2 Å². The summed E-state index contributed by atoms with van der Waals surface area (Å²) in [6, 6.07) is 6.12. The van der Waals surface area contributed by atoms with E-state index < -0.39 is 0 Å². The molecule has 0 spiro atoms. The number of allylic oxidation sites excluding steroid dienone is 1. The van der Waals surface area contributed by atoms with Gasteiger partial charge in [-0.1, -0.05) is 44.7 Å². The number of aromatic hydroxyl groups is 1. The van der Waals surface area contributed by atoms with Gasteiger partial charge in [0, 0.05) is 0 Å². The molecule has 188 valence electrons. The molecule has 5 rings (SSSR count). The Kier molecular flexibility index (Phi) is 7.15. The molecular formula is C31H47NO2. The molecule has 0 aromatic heterocycles. The standard InChI is InChI=1S/C31H47NO2/c1-3-31-17-16-23-21-25(33)12-13-26(23)29(31)24(22-30(2)27(31)14-15-28(30)34)11-7-4-5-8-18-32-19-9-6-10-20-32/h3,12-13,21,24,27-29,33-34H,1,4-11,14-20,22H2,2H3/t24-,27+,28-,29+,30-,31?/m0/s1. The molecule has 0 radical (unpaired) electrons. The van der Waals surface area contributed by atoms with Gasteiger partial charge in [-0.15, -0.1) is 6.58 Å². The molecule has 1 unspecified atom stereocenters. The number of rotatable bonds is 8. The molecule has 34 heavy (non-hydrogen) atoms. The number of phenolic OH excluding ortho intramolecular Hbond substituents is 1. The maximum Gasteiger partial charge on any atom is 0.115 e. The topological polar surface area (TPSA) is 43.7 Å². The van der Waals surface area contributed by atoms with Crippen LogP contribution >= 0.6 is 0 Å². The molecule has 1 aromatic rings. The fraction of sp³-hybridized carbons (Fsp3) is 0.742. The van der Waals surface area contributed by atoms with Gasteiger partial charge >= 0.3 is 0 Å². The fourth-order valence-corrected chi connectivity index (χ4v) is 8.97. The molecule has 3 nitrogen and oxygen atoms in total. The van der Waals surface area contributed by atoms with Crippen LogP contribution in [0.25, 0.3) is 0 Å². The molecule has 4 aliphatic rings. The first-order valence-corrected chi connectivity index (χ1v) is 14.3. The monoisotopic (exact) mass is 465 g/mol. The van der Waals surface area contributed by atoms with Crippen molar-refractivity contribution in [3.05, 3.63) is 42.0 Å². The third kappa shape index (κ3) is 4.26. The van der Waals surface area contributed by atoms with Crippen molar-refractivity contribution in [1.82, 2.24) is 4.90 Å². The summed E-state index contributed by atoms with van der Waals surface area (Å²) in [6.07, 6.45) is 18.2. The largest absolute Gasteiger partial charge is 0.508 e. The number of likely N-dealkylation sites (tertiary alicyclic amines) is 1. The van der Waals surface area contributed by atoms with E-state index in [2.05, 4.69) is 30.5 Å². The number of aliphatic hydroxyl groups excluding tert-OH is 1. The minimum atomic E-state index is -0.177. The summed E-state index contributed by atoms with van der Waals surface area (Å²) in [6.45, 7) is 10.7. The number of nitrogens with zero attached hydrogens (tertiary/aromatic N) is 1. The van der Waals surface area contributed by atoms with E-state index >= 15 is 0 Å². The highest BCUT2D eigenvalue weighted by Gasteiger charge is 2.63. The number of piperidine rings is 1. The first-order valence-electron chi connectivity index (χ1n) is 14.3. The van der Waals surface area contributed by atoms with Crippen LogP contribution in [0.3, 0.4) is 0 Å². The van der Waals surface area contributed by atoms with Gasteiger partial charge in [-0.3, -0.25) is 0 Å². The van der Waals surface area contributed by atoms with Crippen molar-refractivity contribution >= 4 is 0 Å². The summed E-state index contributed by atoms with van der Waals surface area (Å²) in [4.78, 5) is 2.67. The Balaban J connectivity index is 1.30. The van der Waals surface area contributed by atoms with Gasteiger partial charge in [0.05, 0.1) is 6.10 Å². The number of fused-ring (bicyclic) bond motifs is 5. The van der Waals surface area contributed by atoms with E-state index in [0.717, 1.165) is 32.1 Å². The predicted octanol–water partition coefficient (Wildman–Crippen LogP) is 6.83. The molecule has 3 aliphatic carbocycles. The van der Waals surface area contributed by atoms with Gasteiger partial charge in [0.2, 0.25) is 0 Å². The van der Waals surface area contributed by atoms with Crippen LogP contribution in [0.2, 0.25) is 0 Å². The summed E-state index contributed by atoms with van der Waals surface area (Å²) in [5.41, 5.74) is 2.89. The Morgan fingerprint density at radius 1 is 1.09 bits per heavy atom. The van der Waals surface area contributed by atoms with Crippen LogP contribution in [-0.4, -0.2) is 40.9 Å². The predicted molar refractivity (Wildman–Crippen MR) is 140 cm³/mol. The molecule has 3 heteroatoms. The number of hydrogen-bond acceptors (Lipinski definition) is 3. The average molecular weight is 466 g/mol. The number of unbranched alkanes of at least 4 members (excludes halogenated alkanes) is 3. The molecule has 6 atom stereocenters. The zero-order valence-corrected chi connectivity index (χ0v) is 21.5. The third-order valence-electron chi connectivity index (χ3n) is 10.6. The lowest BCUT2D eigenvalue weighted by atomic mass is 9.44. The summed E-state index contributed by atoms with van der Waals surface area (Å²) in [5, 5.41) is 21.3. The quantitative estimate of drug-likeness (QED) is 0.327. The van der Waals surface area contributed by atoms with Crippen molar-refractivity contribution in [3.63, 3.8) is 0 Å². The molecule has 2 N–H and O–H groups in total. The van der Waals surface area contributed by atoms with Gasteiger partial charge in [-0.25, -0.2) is 0 Å². The van der Waals surface area contributed by atoms with Crippen molar-refractivity contribution in [3.8, 4) is 5.75 Å². The van der Waals surface area contributed by atoms with Crippen molar-refractivity contribution < 1.29 is 10.2 Å². The molecule has 2 saturated carbocycles. The normalized spacial score (nSPS) is 37.6. The van der Waals surface area contributed by atoms with E-state index in [-0.39, 0.29) is 16.9 Å². The summed E-state index contributed by atoms with van der Waals surface area (Å²) in [5.74, 6) is 1.97. The van der Waals surface area contributed by atoms with Crippen molar-refractivity contribution in [2.75, 3.05) is 19.6 Å². The fourth-order valence-electron chi connectivity index (χ4n) is 8.97. The Bertz CT molecular complexity index is 861. The zero-order valence-electron chi connectivity index (χ0n) is 21.5. The van der Waals surface area contributed by atoms with Gasteiger partial charge in [-0.05, 0) is 129 Å². The van der Waals surface area contributed by atoms with Crippen LogP contribution in [0.4, 0.5) is 0 Å². The Labute approximate surface area is 207 Å². The molecule has 1 heterocycles. The Hall–Kier alpha value is -1.32. The first kappa shape index (κ1) is 24.4. The SMILES string of the molecule is C=CC12CCc3cc(O)ccc3[C@H]1[C@@H](CCCCCCN1CCCCC1)C[C@]1(C)[C@@H](O)CC[C@@H]21. The van der Waals surface area contributed by atoms with E-state index in [4.69, 9.17) is 0 Å². The van der Waals surface area contributed by atoms with E-state index in [1.165, 1.54) is 82.1 Å². The molecule has 3 fully saturated rings.